The first-order chi connectivity index (χ1) is 15.1. The minimum atomic E-state index is -0.907. The molecular weight excluding hydrogens is 459 g/mol. The molecule has 32 heavy (non-hydrogen) atoms. The van der Waals surface area contributed by atoms with E-state index in [1.165, 1.54) is 18.2 Å². The second kappa shape index (κ2) is 11.7. The molecule has 11 heteroatoms. The van der Waals surface area contributed by atoms with Crippen LogP contribution in [-0.4, -0.2) is 35.9 Å². The summed E-state index contributed by atoms with van der Waals surface area (Å²) in [5.41, 5.74) is 5.63. The average Bonchev–Trinajstić information content (AvgIpc) is 2.73. The van der Waals surface area contributed by atoms with E-state index in [1.807, 2.05) is 13.8 Å². The Balaban J connectivity index is 2.23. The maximum Gasteiger partial charge on any atom is 0.271 e. The standard InChI is InChI=1S/C21H24Cl2N4O5/c1-12(2)9-18(21(29)25-17-5-4-14(27(30)31)11-16(17)23)26-20(28)15-10-13(22)3-6-19(15)32-8-7-24/h3-6,10-12,18H,7-9,24H2,1-2H3,(H,25,29)(H,26,28)/t18-/m0/s1. The van der Waals surface area contributed by atoms with Crippen molar-refractivity contribution in [1.82, 2.24) is 5.32 Å². The van der Waals surface area contributed by atoms with Gasteiger partial charge < -0.3 is 21.1 Å². The summed E-state index contributed by atoms with van der Waals surface area (Å²) in [7, 11) is 0. The zero-order chi connectivity index (χ0) is 23.8. The number of anilines is 1. The van der Waals surface area contributed by atoms with Crippen LogP contribution in [0.2, 0.25) is 10.0 Å². The van der Waals surface area contributed by atoms with Gasteiger partial charge in [0.25, 0.3) is 11.6 Å². The predicted molar refractivity (Wildman–Crippen MR) is 123 cm³/mol. The maximum atomic E-state index is 13.0. The lowest BCUT2D eigenvalue weighted by Crippen LogP contribution is -2.44. The Labute approximate surface area is 195 Å². The number of hydrogen-bond donors (Lipinski definition) is 3. The topological polar surface area (TPSA) is 137 Å². The number of carbonyl (C=O) groups excluding carboxylic acids is 2. The normalized spacial score (nSPS) is 11.7. The molecule has 0 spiro atoms. The molecule has 2 aromatic carbocycles. The molecule has 4 N–H and O–H groups in total. The Morgan fingerprint density at radius 2 is 1.91 bits per heavy atom. The Kier molecular flexibility index (Phi) is 9.25. The van der Waals surface area contributed by atoms with Crippen LogP contribution < -0.4 is 21.1 Å². The van der Waals surface area contributed by atoms with Crippen LogP contribution in [0.3, 0.4) is 0 Å². The summed E-state index contributed by atoms with van der Waals surface area (Å²) >= 11 is 12.1. The zero-order valence-electron chi connectivity index (χ0n) is 17.6. The highest BCUT2D eigenvalue weighted by atomic mass is 35.5. The van der Waals surface area contributed by atoms with E-state index >= 15 is 0 Å². The van der Waals surface area contributed by atoms with Crippen LogP contribution in [0.25, 0.3) is 0 Å². The first-order valence-corrected chi connectivity index (χ1v) is 10.6. The van der Waals surface area contributed by atoms with Crippen LogP contribution in [0.1, 0.15) is 30.6 Å². The number of halogens is 2. The molecule has 0 saturated heterocycles. The van der Waals surface area contributed by atoms with Crippen LogP contribution in [0.15, 0.2) is 36.4 Å². The van der Waals surface area contributed by atoms with Crippen molar-refractivity contribution in [1.29, 1.82) is 0 Å². The molecule has 172 valence electrons. The van der Waals surface area contributed by atoms with E-state index in [-0.39, 0.29) is 41.0 Å². The molecule has 0 aliphatic rings. The fourth-order valence-electron chi connectivity index (χ4n) is 2.85. The Morgan fingerprint density at radius 1 is 1.19 bits per heavy atom. The number of hydrogen-bond acceptors (Lipinski definition) is 6. The van der Waals surface area contributed by atoms with Gasteiger partial charge in [-0.2, -0.15) is 0 Å². The average molecular weight is 483 g/mol. The van der Waals surface area contributed by atoms with Crippen LogP contribution in [-0.2, 0) is 4.79 Å². The lowest BCUT2D eigenvalue weighted by molar-refractivity contribution is -0.384. The van der Waals surface area contributed by atoms with Gasteiger partial charge >= 0.3 is 0 Å². The molecule has 2 amide bonds. The molecule has 9 nitrogen and oxygen atoms in total. The molecule has 0 saturated carbocycles. The molecule has 2 aromatic rings. The molecule has 0 radical (unpaired) electrons. The summed E-state index contributed by atoms with van der Waals surface area (Å²) in [4.78, 5) is 36.2. The van der Waals surface area contributed by atoms with Crippen molar-refractivity contribution in [2.24, 2.45) is 11.7 Å². The molecule has 0 heterocycles. The highest BCUT2D eigenvalue weighted by Gasteiger charge is 2.25. The summed E-state index contributed by atoms with van der Waals surface area (Å²) < 4.78 is 5.51. The predicted octanol–water partition coefficient (Wildman–Crippen LogP) is 4.02. The Morgan fingerprint density at radius 3 is 2.50 bits per heavy atom. The number of nitrogens with one attached hydrogen (secondary N) is 2. The van der Waals surface area contributed by atoms with Crippen LogP contribution in [0, 0.1) is 16.0 Å². The van der Waals surface area contributed by atoms with Crippen LogP contribution in [0.5, 0.6) is 5.75 Å². The minimum Gasteiger partial charge on any atom is -0.491 e. The summed E-state index contributed by atoms with van der Waals surface area (Å²) in [6.07, 6.45) is 0.335. The molecule has 0 aliphatic heterocycles. The maximum absolute atomic E-state index is 13.0. The molecule has 0 unspecified atom stereocenters. The SMILES string of the molecule is CC(C)C[C@H](NC(=O)c1cc(Cl)ccc1OCCN)C(=O)Nc1ccc([N+](=O)[O-])cc1Cl. The van der Waals surface area contributed by atoms with Crippen molar-refractivity contribution >= 4 is 46.4 Å². The van der Waals surface area contributed by atoms with Gasteiger partial charge in [-0.3, -0.25) is 19.7 Å². The van der Waals surface area contributed by atoms with Crippen LogP contribution >= 0.6 is 23.2 Å². The lowest BCUT2D eigenvalue weighted by atomic mass is 10.0. The molecular formula is C21H24Cl2N4O5. The van der Waals surface area contributed by atoms with E-state index in [0.29, 0.717) is 17.2 Å². The van der Waals surface area contributed by atoms with E-state index in [4.69, 9.17) is 33.7 Å². The van der Waals surface area contributed by atoms with E-state index in [0.717, 1.165) is 6.07 Å². The highest BCUT2D eigenvalue weighted by Crippen LogP contribution is 2.27. The van der Waals surface area contributed by atoms with Gasteiger partial charge in [0.15, 0.2) is 0 Å². The zero-order valence-corrected chi connectivity index (χ0v) is 19.1. The van der Waals surface area contributed by atoms with Crippen molar-refractivity contribution in [3.8, 4) is 5.75 Å². The van der Waals surface area contributed by atoms with E-state index < -0.39 is 22.8 Å². The van der Waals surface area contributed by atoms with Crippen molar-refractivity contribution < 1.29 is 19.2 Å². The molecule has 2 rings (SSSR count). The van der Waals surface area contributed by atoms with Crippen molar-refractivity contribution in [2.75, 3.05) is 18.5 Å². The molecule has 0 aliphatic carbocycles. The number of nitro benzene ring substituents is 1. The monoisotopic (exact) mass is 482 g/mol. The van der Waals surface area contributed by atoms with Gasteiger partial charge in [0, 0.05) is 23.7 Å². The number of rotatable bonds is 10. The molecule has 0 aromatic heterocycles. The smallest absolute Gasteiger partial charge is 0.271 e. The second-order valence-electron chi connectivity index (χ2n) is 7.34. The van der Waals surface area contributed by atoms with Crippen molar-refractivity contribution in [3.63, 3.8) is 0 Å². The Bertz CT molecular complexity index is 1000. The second-order valence-corrected chi connectivity index (χ2v) is 8.19. The molecule has 1 atom stereocenters. The largest absolute Gasteiger partial charge is 0.491 e. The minimum absolute atomic E-state index is 0.00878. The van der Waals surface area contributed by atoms with Crippen molar-refractivity contribution in [2.45, 2.75) is 26.3 Å². The number of nitro groups is 1. The fraction of sp³-hybridized carbons (Fsp3) is 0.333. The number of ether oxygens (including phenoxy) is 1. The quantitative estimate of drug-likeness (QED) is 0.345. The number of carbonyl (C=O) groups is 2. The molecule has 0 fully saturated rings. The van der Waals surface area contributed by atoms with E-state index in [9.17, 15) is 19.7 Å². The fourth-order valence-corrected chi connectivity index (χ4v) is 3.25. The summed E-state index contributed by atoms with van der Waals surface area (Å²) in [5.74, 6) is -0.699. The third-order valence-electron chi connectivity index (χ3n) is 4.31. The summed E-state index contributed by atoms with van der Waals surface area (Å²) in [6, 6.07) is 7.38. The van der Waals surface area contributed by atoms with Gasteiger partial charge in [0.1, 0.15) is 18.4 Å². The first kappa shape index (κ1) is 25.4. The third-order valence-corrected chi connectivity index (χ3v) is 4.86. The van der Waals surface area contributed by atoms with Gasteiger partial charge in [-0.25, -0.2) is 0 Å². The van der Waals surface area contributed by atoms with E-state index in [1.54, 1.807) is 12.1 Å². The number of nitrogens with zero attached hydrogens (tertiary/aromatic N) is 1. The van der Waals surface area contributed by atoms with Gasteiger partial charge in [-0.1, -0.05) is 37.0 Å². The number of non-ortho nitro benzene ring substituents is 1. The van der Waals surface area contributed by atoms with Gasteiger partial charge in [0.2, 0.25) is 5.91 Å². The first-order valence-electron chi connectivity index (χ1n) is 9.80. The highest BCUT2D eigenvalue weighted by molar-refractivity contribution is 6.34. The Hall–Kier alpha value is -2.88. The lowest BCUT2D eigenvalue weighted by Gasteiger charge is -2.21. The van der Waals surface area contributed by atoms with Crippen molar-refractivity contribution in [3.05, 3.63) is 62.1 Å². The van der Waals surface area contributed by atoms with Gasteiger partial charge in [0.05, 0.1) is 21.2 Å². The summed E-state index contributed by atoms with van der Waals surface area (Å²) in [5, 5.41) is 16.5. The third kappa shape index (κ3) is 7.08. The number of benzene rings is 2. The van der Waals surface area contributed by atoms with Crippen LogP contribution in [0.4, 0.5) is 11.4 Å². The van der Waals surface area contributed by atoms with Gasteiger partial charge in [-0.15, -0.1) is 0 Å². The summed E-state index contributed by atoms with van der Waals surface area (Å²) in [6.45, 7) is 4.27. The van der Waals surface area contributed by atoms with Gasteiger partial charge in [-0.05, 0) is 36.6 Å². The number of amides is 2. The van der Waals surface area contributed by atoms with E-state index in [2.05, 4.69) is 10.6 Å². The molecule has 0 bridgehead atoms. The number of nitrogens with two attached hydrogens (primary N) is 1.